The molecule has 2 aromatic heterocycles. The van der Waals surface area contributed by atoms with E-state index in [9.17, 15) is 4.79 Å². The number of amides is 1. The van der Waals surface area contributed by atoms with E-state index in [1.54, 1.807) is 11.3 Å². The molecule has 0 atom stereocenters. The molecule has 5 rings (SSSR count). The zero-order valence-electron chi connectivity index (χ0n) is 14.3. The highest BCUT2D eigenvalue weighted by atomic mass is 32.1. The number of carbonyl (C=O) groups excluding carboxylic acids is 1. The molecule has 3 aliphatic rings. The Bertz CT molecular complexity index is 781. The van der Waals surface area contributed by atoms with E-state index in [1.807, 2.05) is 4.90 Å². The summed E-state index contributed by atoms with van der Waals surface area (Å²) in [5.74, 6) is 2.83. The third-order valence-corrected chi connectivity index (χ3v) is 6.98. The first-order valence-corrected chi connectivity index (χ1v) is 10.1. The molecule has 0 aromatic carbocycles. The number of piperidine rings is 1. The van der Waals surface area contributed by atoms with Crippen molar-refractivity contribution in [2.45, 2.75) is 51.1 Å². The molecule has 1 N–H and O–H groups in total. The van der Waals surface area contributed by atoms with Crippen LogP contribution in [-0.2, 0) is 25.9 Å². The van der Waals surface area contributed by atoms with Crippen molar-refractivity contribution in [2.24, 2.45) is 0 Å². The fraction of sp³-hybridized carbons (Fsp3) is 0.611. The number of fused-ring (bicyclic) bond motifs is 2. The Kier molecular flexibility index (Phi) is 3.86. The summed E-state index contributed by atoms with van der Waals surface area (Å²) in [7, 11) is 0. The molecule has 1 amide bonds. The van der Waals surface area contributed by atoms with E-state index in [2.05, 4.69) is 26.1 Å². The van der Waals surface area contributed by atoms with Crippen LogP contribution in [0.15, 0.2) is 6.07 Å². The van der Waals surface area contributed by atoms with Gasteiger partial charge in [0.05, 0.1) is 11.4 Å². The van der Waals surface area contributed by atoms with E-state index in [0.717, 1.165) is 74.9 Å². The zero-order valence-corrected chi connectivity index (χ0v) is 15.1. The Hall–Kier alpha value is -1.73. The zero-order chi connectivity index (χ0) is 16.8. The highest BCUT2D eigenvalue weighted by molar-refractivity contribution is 7.14. The molecule has 1 fully saturated rings. The van der Waals surface area contributed by atoms with Gasteiger partial charge in [0.15, 0.2) is 0 Å². The predicted octanol–water partition coefficient (Wildman–Crippen LogP) is 1.95. The SMILES string of the molecule is O=C(c1cc2c(s1)CCC2)N1CCC(c2nnc3n2CCNC3)CC1. The Morgan fingerprint density at radius 3 is 2.92 bits per heavy atom. The molecule has 0 spiro atoms. The number of nitrogens with one attached hydrogen (secondary N) is 1. The third-order valence-electron chi connectivity index (χ3n) is 5.76. The molecule has 0 unspecified atom stereocenters. The van der Waals surface area contributed by atoms with E-state index in [4.69, 9.17) is 0 Å². The number of hydrogen-bond donors (Lipinski definition) is 1. The molecule has 4 heterocycles. The standard InChI is InChI=1S/C18H23N5OS/c24-18(15-10-13-2-1-3-14(13)25-15)22-7-4-12(5-8-22)17-21-20-16-11-19-6-9-23(16)17/h10,12,19H,1-9,11H2. The molecule has 0 bridgehead atoms. The van der Waals surface area contributed by atoms with Crippen LogP contribution < -0.4 is 5.32 Å². The summed E-state index contributed by atoms with van der Waals surface area (Å²) in [4.78, 5) is 17.2. The average Bonchev–Trinajstić information content (AvgIpc) is 3.35. The van der Waals surface area contributed by atoms with Crippen LogP contribution in [0.4, 0.5) is 0 Å². The number of rotatable bonds is 2. The molecule has 0 saturated carbocycles. The van der Waals surface area contributed by atoms with Crippen LogP contribution in [-0.4, -0.2) is 45.2 Å². The van der Waals surface area contributed by atoms with Crippen molar-refractivity contribution < 1.29 is 4.79 Å². The van der Waals surface area contributed by atoms with Crippen molar-refractivity contribution in [3.8, 4) is 0 Å². The molecular formula is C18H23N5OS. The molecule has 132 valence electrons. The second kappa shape index (κ2) is 6.21. The smallest absolute Gasteiger partial charge is 0.263 e. The van der Waals surface area contributed by atoms with E-state index < -0.39 is 0 Å². The van der Waals surface area contributed by atoms with Crippen LogP contribution in [0.3, 0.4) is 0 Å². The molecule has 1 saturated heterocycles. The Morgan fingerprint density at radius 1 is 1.20 bits per heavy atom. The first-order chi connectivity index (χ1) is 12.3. The van der Waals surface area contributed by atoms with E-state index in [0.29, 0.717) is 5.92 Å². The normalized spacial score (nSPS) is 20.6. The van der Waals surface area contributed by atoms with Crippen molar-refractivity contribution in [2.75, 3.05) is 19.6 Å². The van der Waals surface area contributed by atoms with Crippen LogP contribution in [0.25, 0.3) is 0 Å². The lowest BCUT2D eigenvalue weighted by molar-refractivity contribution is 0.0715. The number of aromatic nitrogens is 3. The number of likely N-dealkylation sites (tertiary alicyclic amines) is 1. The van der Waals surface area contributed by atoms with Crippen molar-refractivity contribution in [1.82, 2.24) is 25.0 Å². The van der Waals surface area contributed by atoms with E-state index in [1.165, 1.54) is 16.9 Å². The summed E-state index contributed by atoms with van der Waals surface area (Å²) in [5, 5.41) is 12.1. The van der Waals surface area contributed by atoms with Gasteiger partial charge in [-0.1, -0.05) is 0 Å². The summed E-state index contributed by atoms with van der Waals surface area (Å²) in [6.07, 6.45) is 5.53. The molecule has 7 heteroatoms. The lowest BCUT2D eigenvalue weighted by Gasteiger charge is -2.32. The number of carbonyl (C=O) groups is 1. The average molecular weight is 357 g/mol. The summed E-state index contributed by atoms with van der Waals surface area (Å²) in [5.41, 5.74) is 1.41. The molecule has 6 nitrogen and oxygen atoms in total. The number of hydrogen-bond acceptors (Lipinski definition) is 5. The second-order valence-corrected chi connectivity index (χ2v) is 8.42. The van der Waals surface area contributed by atoms with Gasteiger partial charge in [0.2, 0.25) is 0 Å². The van der Waals surface area contributed by atoms with E-state index in [-0.39, 0.29) is 5.91 Å². The van der Waals surface area contributed by atoms with Gasteiger partial charge in [-0.05, 0) is 43.7 Å². The lowest BCUT2D eigenvalue weighted by atomic mass is 9.95. The van der Waals surface area contributed by atoms with Gasteiger partial charge in [-0.15, -0.1) is 21.5 Å². The van der Waals surface area contributed by atoms with Crippen LogP contribution >= 0.6 is 11.3 Å². The monoisotopic (exact) mass is 357 g/mol. The van der Waals surface area contributed by atoms with Crippen LogP contribution in [0, 0.1) is 0 Å². The third kappa shape index (κ3) is 2.69. The summed E-state index contributed by atoms with van der Waals surface area (Å²) in [6.45, 7) is 4.41. The fourth-order valence-electron chi connectivity index (χ4n) is 4.35. The Morgan fingerprint density at radius 2 is 2.08 bits per heavy atom. The predicted molar refractivity (Wildman–Crippen MR) is 96.0 cm³/mol. The fourth-order valence-corrected chi connectivity index (χ4v) is 5.57. The molecule has 0 radical (unpaired) electrons. The highest BCUT2D eigenvalue weighted by Crippen LogP contribution is 2.33. The number of nitrogens with zero attached hydrogens (tertiary/aromatic N) is 4. The maximum atomic E-state index is 12.8. The molecular weight excluding hydrogens is 334 g/mol. The molecule has 2 aliphatic heterocycles. The number of aryl methyl sites for hydroxylation is 2. The second-order valence-electron chi connectivity index (χ2n) is 7.28. The summed E-state index contributed by atoms with van der Waals surface area (Å²) in [6, 6.07) is 2.14. The van der Waals surface area contributed by atoms with Gasteiger partial charge in [-0.2, -0.15) is 0 Å². The summed E-state index contributed by atoms with van der Waals surface area (Å²) < 4.78 is 2.28. The van der Waals surface area contributed by atoms with Crippen molar-refractivity contribution in [3.05, 3.63) is 33.0 Å². The van der Waals surface area contributed by atoms with Crippen molar-refractivity contribution in [3.63, 3.8) is 0 Å². The van der Waals surface area contributed by atoms with E-state index >= 15 is 0 Å². The van der Waals surface area contributed by atoms with Crippen LogP contribution in [0.5, 0.6) is 0 Å². The summed E-state index contributed by atoms with van der Waals surface area (Å²) >= 11 is 1.72. The van der Waals surface area contributed by atoms with Gasteiger partial charge in [0.25, 0.3) is 5.91 Å². The Balaban J connectivity index is 1.26. The van der Waals surface area contributed by atoms with Gasteiger partial charge in [0, 0.05) is 37.0 Å². The number of thiophene rings is 1. The minimum atomic E-state index is 0.227. The maximum absolute atomic E-state index is 12.8. The molecule has 2 aromatic rings. The Labute approximate surface area is 151 Å². The van der Waals surface area contributed by atoms with Crippen LogP contribution in [0.2, 0.25) is 0 Å². The maximum Gasteiger partial charge on any atom is 0.263 e. The van der Waals surface area contributed by atoms with Gasteiger partial charge in [-0.3, -0.25) is 4.79 Å². The minimum absolute atomic E-state index is 0.227. The molecule has 25 heavy (non-hydrogen) atoms. The van der Waals surface area contributed by atoms with Crippen molar-refractivity contribution in [1.29, 1.82) is 0 Å². The minimum Gasteiger partial charge on any atom is -0.338 e. The topological polar surface area (TPSA) is 63.1 Å². The largest absolute Gasteiger partial charge is 0.338 e. The van der Waals surface area contributed by atoms with Gasteiger partial charge < -0.3 is 14.8 Å². The molecule has 1 aliphatic carbocycles. The van der Waals surface area contributed by atoms with Gasteiger partial charge in [0.1, 0.15) is 11.6 Å². The first-order valence-electron chi connectivity index (χ1n) is 9.33. The van der Waals surface area contributed by atoms with Gasteiger partial charge >= 0.3 is 0 Å². The van der Waals surface area contributed by atoms with Crippen molar-refractivity contribution >= 4 is 17.2 Å². The highest BCUT2D eigenvalue weighted by Gasteiger charge is 2.30. The first kappa shape index (κ1) is 15.5. The van der Waals surface area contributed by atoms with Gasteiger partial charge in [-0.25, -0.2) is 0 Å². The van der Waals surface area contributed by atoms with Crippen LogP contribution in [0.1, 0.15) is 56.9 Å². The lowest BCUT2D eigenvalue weighted by Crippen LogP contribution is -2.38. The quantitative estimate of drug-likeness (QED) is 0.892.